The Bertz CT molecular complexity index is 974. The highest BCUT2D eigenvalue weighted by Crippen LogP contribution is 2.30. The summed E-state index contributed by atoms with van der Waals surface area (Å²) < 4.78 is 27.1. The van der Waals surface area contributed by atoms with Crippen LogP contribution in [0.4, 0.5) is 17.1 Å². The number of hydrogen-bond acceptors (Lipinski definition) is 5. The quantitative estimate of drug-likeness (QED) is 0.635. The average Bonchev–Trinajstić information content (AvgIpc) is 2.87. The summed E-state index contributed by atoms with van der Waals surface area (Å²) >= 11 is 5.70. The summed E-state index contributed by atoms with van der Waals surface area (Å²) in [7, 11) is -3.96. The molecule has 3 rings (SSSR count). The fourth-order valence-corrected chi connectivity index (χ4v) is 3.59. The van der Waals surface area contributed by atoms with Gasteiger partial charge in [-0.2, -0.15) is 0 Å². The predicted octanol–water partition coefficient (Wildman–Crippen LogP) is 2.54. The van der Waals surface area contributed by atoms with E-state index in [1.54, 1.807) is 0 Å². The molecule has 0 aromatic heterocycles. The first kappa shape index (κ1) is 16.2. The van der Waals surface area contributed by atoms with Gasteiger partial charge in [-0.15, -0.1) is 0 Å². The topological polar surface area (TPSA) is 118 Å². The van der Waals surface area contributed by atoms with Gasteiger partial charge in [-0.05, 0) is 35.9 Å². The number of sulfonamides is 1. The van der Waals surface area contributed by atoms with Crippen molar-refractivity contribution in [2.75, 3.05) is 10.0 Å². The third kappa shape index (κ3) is 3.03. The molecule has 1 heterocycles. The minimum absolute atomic E-state index is 0.0146. The summed E-state index contributed by atoms with van der Waals surface area (Å²) in [6, 6.07) is 7.84. The molecule has 0 atom stereocenters. The third-order valence-electron chi connectivity index (χ3n) is 3.41. The van der Waals surface area contributed by atoms with Crippen molar-refractivity contribution in [3.05, 3.63) is 57.1 Å². The molecule has 2 N–H and O–H groups in total. The molecule has 10 heteroatoms. The van der Waals surface area contributed by atoms with Gasteiger partial charge in [0.25, 0.3) is 15.7 Å². The first-order chi connectivity index (χ1) is 11.3. The van der Waals surface area contributed by atoms with Crippen LogP contribution in [0.5, 0.6) is 0 Å². The highest BCUT2D eigenvalue weighted by atomic mass is 35.5. The number of anilines is 2. The second-order valence-corrected chi connectivity index (χ2v) is 7.16. The molecule has 1 aliphatic rings. The molecule has 1 amide bonds. The first-order valence-electron chi connectivity index (χ1n) is 6.66. The lowest BCUT2D eigenvalue weighted by Crippen LogP contribution is -2.13. The zero-order valence-electron chi connectivity index (χ0n) is 11.9. The molecular formula is C14H10ClN3O5S. The van der Waals surface area contributed by atoms with Gasteiger partial charge in [-0.1, -0.05) is 11.6 Å². The summed E-state index contributed by atoms with van der Waals surface area (Å²) in [6.45, 7) is 0. The summed E-state index contributed by atoms with van der Waals surface area (Å²) in [4.78, 5) is 21.5. The third-order valence-corrected chi connectivity index (χ3v) is 5.11. The fourth-order valence-electron chi connectivity index (χ4n) is 2.30. The second-order valence-electron chi connectivity index (χ2n) is 5.07. The molecule has 1 aliphatic heterocycles. The van der Waals surface area contributed by atoms with Crippen LogP contribution in [0, 0.1) is 10.1 Å². The normalized spacial score (nSPS) is 13.3. The number of nitrogens with zero attached hydrogens (tertiary/aromatic N) is 1. The van der Waals surface area contributed by atoms with E-state index in [4.69, 9.17) is 11.6 Å². The molecular weight excluding hydrogens is 358 g/mol. The summed E-state index contributed by atoms with van der Waals surface area (Å²) in [5.74, 6) is -0.208. The Morgan fingerprint density at radius 3 is 2.67 bits per heavy atom. The van der Waals surface area contributed by atoms with E-state index >= 15 is 0 Å². The number of rotatable bonds is 4. The van der Waals surface area contributed by atoms with Crippen molar-refractivity contribution in [2.24, 2.45) is 0 Å². The first-order valence-corrected chi connectivity index (χ1v) is 8.52. The van der Waals surface area contributed by atoms with E-state index in [1.807, 2.05) is 0 Å². The maximum atomic E-state index is 12.4. The average molecular weight is 368 g/mol. The van der Waals surface area contributed by atoms with Crippen LogP contribution in [-0.2, 0) is 21.2 Å². The molecule has 0 saturated carbocycles. The van der Waals surface area contributed by atoms with Crippen molar-refractivity contribution in [3.8, 4) is 0 Å². The molecule has 0 unspecified atom stereocenters. The van der Waals surface area contributed by atoms with Crippen LogP contribution in [0.3, 0.4) is 0 Å². The van der Waals surface area contributed by atoms with Crippen LogP contribution in [-0.4, -0.2) is 19.2 Å². The van der Waals surface area contributed by atoms with Crippen molar-refractivity contribution in [2.45, 2.75) is 11.3 Å². The van der Waals surface area contributed by atoms with E-state index in [9.17, 15) is 23.3 Å². The van der Waals surface area contributed by atoms with Crippen LogP contribution in [0.25, 0.3) is 0 Å². The van der Waals surface area contributed by atoms with Crippen molar-refractivity contribution in [1.82, 2.24) is 0 Å². The van der Waals surface area contributed by atoms with Crippen molar-refractivity contribution >= 4 is 44.6 Å². The Kier molecular flexibility index (Phi) is 3.90. The van der Waals surface area contributed by atoms with Gasteiger partial charge in [0.05, 0.1) is 21.9 Å². The summed E-state index contributed by atoms with van der Waals surface area (Å²) in [6.07, 6.45) is 0.102. The number of nitro benzene ring substituents is 1. The van der Waals surface area contributed by atoms with E-state index in [0.29, 0.717) is 11.3 Å². The molecule has 8 nitrogen and oxygen atoms in total. The zero-order valence-corrected chi connectivity index (χ0v) is 13.5. The monoisotopic (exact) mass is 367 g/mol. The summed E-state index contributed by atoms with van der Waals surface area (Å²) in [5.41, 5.74) is 0.757. The molecule has 2 aromatic rings. The lowest BCUT2D eigenvalue weighted by atomic mass is 10.2. The van der Waals surface area contributed by atoms with E-state index < -0.39 is 20.6 Å². The number of amides is 1. The van der Waals surface area contributed by atoms with Crippen LogP contribution < -0.4 is 10.0 Å². The van der Waals surface area contributed by atoms with E-state index in [2.05, 4.69) is 10.0 Å². The molecule has 0 bridgehead atoms. The molecule has 2 aromatic carbocycles. The molecule has 0 saturated heterocycles. The highest BCUT2D eigenvalue weighted by molar-refractivity contribution is 7.92. The summed E-state index contributed by atoms with van der Waals surface area (Å²) in [5, 5.41) is 13.4. The standard InChI is InChI=1S/C14H10ClN3O5S/c15-11-3-1-9(7-13(11)18(20)21)17-24(22,23)10-2-4-12-8(5-10)6-14(19)16-12/h1-5,7,17H,6H2,(H,16,19). The Hall–Kier alpha value is -2.65. The number of nitrogens with one attached hydrogen (secondary N) is 2. The van der Waals surface area contributed by atoms with Gasteiger partial charge in [-0.25, -0.2) is 8.42 Å². The van der Waals surface area contributed by atoms with Gasteiger partial charge in [0.1, 0.15) is 5.02 Å². The number of benzene rings is 2. The fraction of sp³-hybridized carbons (Fsp3) is 0.0714. The maximum Gasteiger partial charge on any atom is 0.289 e. The number of carbonyl (C=O) groups excluding carboxylic acids is 1. The van der Waals surface area contributed by atoms with Gasteiger partial charge in [0, 0.05) is 11.8 Å². The van der Waals surface area contributed by atoms with E-state index in [0.717, 1.165) is 6.07 Å². The lowest BCUT2D eigenvalue weighted by molar-refractivity contribution is -0.384. The number of fused-ring (bicyclic) bond motifs is 1. The van der Waals surface area contributed by atoms with Crippen LogP contribution in [0.2, 0.25) is 5.02 Å². The Labute approximate surface area is 141 Å². The Morgan fingerprint density at radius 1 is 1.21 bits per heavy atom. The molecule has 124 valence electrons. The van der Waals surface area contributed by atoms with Crippen molar-refractivity contribution in [1.29, 1.82) is 0 Å². The van der Waals surface area contributed by atoms with Gasteiger partial charge in [0.2, 0.25) is 5.91 Å². The van der Waals surface area contributed by atoms with E-state index in [-0.39, 0.29) is 27.9 Å². The van der Waals surface area contributed by atoms with Gasteiger partial charge >= 0.3 is 0 Å². The second kappa shape index (κ2) is 5.77. The molecule has 0 radical (unpaired) electrons. The molecule has 0 fully saturated rings. The van der Waals surface area contributed by atoms with Gasteiger partial charge in [0.15, 0.2) is 0 Å². The number of halogens is 1. The van der Waals surface area contributed by atoms with Gasteiger partial charge in [-0.3, -0.25) is 19.6 Å². The smallest absolute Gasteiger partial charge is 0.289 e. The molecule has 0 spiro atoms. The van der Waals surface area contributed by atoms with E-state index in [1.165, 1.54) is 30.3 Å². The number of carbonyl (C=O) groups is 1. The predicted molar refractivity (Wildman–Crippen MR) is 87.7 cm³/mol. The van der Waals surface area contributed by atoms with Gasteiger partial charge < -0.3 is 5.32 Å². The van der Waals surface area contributed by atoms with Crippen LogP contribution in [0.1, 0.15) is 5.56 Å². The largest absolute Gasteiger partial charge is 0.326 e. The minimum atomic E-state index is -3.96. The van der Waals surface area contributed by atoms with Crippen LogP contribution >= 0.6 is 11.6 Å². The van der Waals surface area contributed by atoms with Crippen molar-refractivity contribution < 1.29 is 18.1 Å². The Balaban J connectivity index is 1.93. The molecule has 0 aliphatic carbocycles. The minimum Gasteiger partial charge on any atom is -0.326 e. The van der Waals surface area contributed by atoms with Crippen molar-refractivity contribution in [3.63, 3.8) is 0 Å². The SMILES string of the molecule is O=C1Cc2cc(S(=O)(=O)Nc3ccc(Cl)c([N+](=O)[O-])c3)ccc2N1. The zero-order chi connectivity index (χ0) is 17.5. The number of hydrogen-bond donors (Lipinski definition) is 2. The van der Waals surface area contributed by atoms with Crippen LogP contribution in [0.15, 0.2) is 41.3 Å². The lowest BCUT2D eigenvalue weighted by Gasteiger charge is -2.09. The Morgan fingerprint density at radius 2 is 1.96 bits per heavy atom. The maximum absolute atomic E-state index is 12.4. The molecule has 24 heavy (non-hydrogen) atoms. The number of nitro groups is 1. The highest BCUT2D eigenvalue weighted by Gasteiger charge is 2.22.